The van der Waals surface area contributed by atoms with Crippen molar-refractivity contribution in [3.8, 4) is 0 Å². The summed E-state index contributed by atoms with van der Waals surface area (Å²) in [6.07, 6.45) is 5.29. The Bertz CT molecular complexity index is 242. The molecule has 18 heavy (non-hydrogen) atoms. The summed E-state index contributed by atoms with van der Waals surface area (Å²) in [4.78, 5) is 1.99. The van der Waals surface area contributed by atoms with Gasteiger partial charge in [0.15, 0.2) is 0 Å². The van der Waals surface area contributed by atoms with Crippen LogP contribution in [0.1, 0.15) is 45.4 Å². The van der Waals surface area contributed by atoms with E-state index in [1.807, 2.05) is 4.90 Å². The predicted molar refractivity (Wildman–Crippen MR) is 70.0 cm³/mol. The highest BCUT2D eigenvalue weighted by Crippen LogP contribution is 2.28. The lowest BCUT2D eigenvalue weighted by Gasteiger charge is -2.34. The molecule has 2 unspecified atom stereocenters. The largest absolute Gasteiger partial charge is 0.312 e. The Kier molecular flexibility index (Phi) is 5.37. The van der Waals surface area contributed by atoms with Gasteiger partial charge < -0.3 is 5.32 Å². The first-order valence-corrected chi connectivity index (χ1v) is 7.42. The molecule has 0 aromatic rings. The Morgan fingerprint density at radius 3 is 2.56 bits per heavy atom. The van der Waals surface area contributed by atoms with E-state index in [-0.39, 0.29) is 12.6 Å². The van der Waals surface area contributed by atoms with E-state index in [4.69, 9.17) is 0 Å². The van der Waals surface area contributed by atoms with Crippen LogP contribution in [0.2, 0.25) is 0 Å². The molecule has 0 aromatic heterocycles. The van der Waals surface area contributed by atoms with Crippen LogP contribution in [0.3, 0.4) is 0 Å². The van der Waals surface area contributed by atoms with E-state index < -0.39 is 6.43 Å². The maximum atomic E-state index is 12.6. The lowest BCUT2D eigenvalue weighted by molar-refractivity contribution is 0.0632. The third-order valence-corrected chi connectivity index (χ3v) is 4.61. The van der Waals surface area contributed by atoms with Gasteiger partial charge in [-0.05, 0) is 38.6 Å². The first kappa shape index (κ1) is 14.2. The molecule has 2 rings (SSSR count). The van der Waals surface area contributed by atoms with Gasteiger partial charge >= 0.3 is 0 Å². The van der Waals surface area contributed by atoms with Crippen LogP contribution in [0.5, 0.6) is 0 Å². The number of halogens is 2. The molecule has 0 bridgehead atoms. The predicted octanol–water partition coefficient (Wildman–Crippen LogP) is 2.88. The average Bonchev–Trinajstić information content (AvgIpc) is 2.53. The highest BCUT2D eigenvalue weighted by molar-refractivity contribution is 4.87. The molecule has 0 radical (unpaired) electrons. The third-order valence-electron chi connectivity index (χ3n) is 4.61. The molecule has 2 atom stereocenters. The summed E-state index contributed by atoms with van der Waals surface area (Å²) < 4.78 is 25.3. The quantitative estimate of drug-likeness (QED) is 0.839. The standard InChI is InChI=1S/C14H26F2N2/c1-11-7-8-17-13(9-18(11)10-14(15)16)12-5-3-2-4-6-12/h11-14,17H,2-10H2,1H3. The number of nitrogens with zero attached hydrogens (tertiary/aromatic N) is 1. The minimum atomic E-state index is -2.21. The maximum absolute atomic E-state index is 12.6. The summed E-state index contributed by atoms with van der Waals surface area (Å²) in [5, 5.41) is 3.60. The van der Waals surface area contributed by atoms with Crippen LogP contribution in [-0.2, 0) is 0 Å². The molecule has 0 amide bonds. The van der Waals surface area contributed by atoms with Crippen molar-refractivity contribution < 1.29 is 8.78 Å². The van der Waals surface area contributed by atoms with Crippen molar-refractivity contribution >= 4 is 0 Å². The summed E-state index contributed by atoms with van der Waals surface area (Å²) in [5.41, 5.74) is 0. The van der Waals surface area contributed by atoms with Gasteiger partial charge in [-0.1, -0.05) is 19.3 Å². The number of rotatable bonds is 3. The summed E-state index contributed by atoms with van der Waals surface area (Å²) in [7, 11) is 0. The highest BCUT2D eigenvalue weighted by atomic mass is 19.3. The zero-order chi connectivity index (χ0) is 13.0. The van der Waals surface area contributed by atoms with Gasteiger partial charge in [-0.15, -0.1) is 0 Å². The molecule has 106 valence electrons. The van der Waals surface area contributed by atoms with E-state index in [0.717, 1.165) is 19.5 Å². The number of nitrogens with one attached hydrogen (secondary N) is 1. The van der Waals surface area contributed by atoms with Gasteiger partial charge in [0, 0.05) is 18.6 Å². The van der Waals surface area contributed by atoms with Crippen molar-refractivity contribution in [2.24, 2.45) is 5.92 Å². The van der Waals surface area contributed by atoms with E-state index in [1.165, 1.54) is 32.1 Å². The number of hydrogen-bond donors (Lipinski definition) is 1. The molecule has 1 N–H and O–H groups in total. The molecular weight excluding hydrogens is 234 g/mol. The fourth-order valence-corrected chi connectivity index (χ4v) is 3.44. The third kappa shape index (κ3) is 3.89. The molecule has 0 spiro atoms. The normalized spacial score (nSPS) is 32.7. The summed E-state index contributed by atoms with van der Waals surface area (Å²) in [5.74, 6) is 0.698. The van der Waals surface area contributed by atoms with Gasteiger partial charge in [0.1, 0.15) is 0 Å². The molecule has 0 aromatic carbocycles. The van der Waals surface area contributed by atoms with E-state index >= 15 is 0 Å². The second kappa shape index (κ2) is 6.80. The Morgan fingerprint density at radius 1 is 1.17 bits per heavy atom. The Hall–Kier alpha value is -0.220. The fourth-order valence-electron chi connectivity index (χ4n) is 3.44. The van der Waals surface area contributed by atoms with Crippen LogP contribution in [0.15, 0.2) is 0 Å². The summed E-state index contributed by atoms with van der Waals surface area (Å²) >= 11 is 0. The van der Waals surface area contributed by atoms with Crippen molar-refractivity contribution in [1.29, 1.82) is 0 Å². The first-order chi connectivity index (χ1) is 8.66. The second-order valence-corrected chi connectivity index (χ2v) is 5.94. The van der Waals surface area contributed by atoms with Crippen molar-refractivity contribution in [2.75, 3.05) is 19.6 Å². The molecule has 4 heteroatoms. The van der Waals surface area contributed by atoms with Crippen LogP contribution in [0, 0.1) is 5.92 Å². The van der Waals surface area contributed by atoms with Crippen LogP contribution in [-0.4, -0.2) is 43.0 Å². The zero-order valence-corrected chi connectivity index (χ0v) is 11.4. The molecule has 1 saturated heterocycles. The SMILES string of the molecule is CC1CCNC(C2CCCCC2)CN1CC(F)F. The Labute approximate surface area is 109 Å². The Balaban J connectivity index is 1.93. The zero-order valence-electron chi connectivity index (χ0n) is 11.4. The molecule has 1 saturated carbocycles. The maximum Gasteiger partial charge on any atom is 0.251 e. The fraction of sp³-hybridized carbons (Fsp3) is 1.00. The molecule has 2 nitrogen and oxygen atoms in total. The molecule has 2 fully saturated rings. The van der Waals surface area contributed by atoms with Crippen LogP contribution >= 0.6 is 0 Å². The van der Waals surface area contributed by atoms with Crippen LogP contribution < -0.4 is 5.32 Å². The highest BCUT2D eigenvalue weighted by Gasteiger charge is 2.30. The molecular formula is C14H26F2N2. The topological polar surface area (TPSA) is 15.3 Å². The number of hydrogen-bond acceptors (Lipinski definition) is 2. The van der Waals surface area contributed by atoms with E-state index in [0.29, 0.717) is 12.0 Å². The number of alkyl halides is 2. The van der Waals surface area contributed by atoms with Crippen molar-refractivity contribution in [3.63, 3.8) is 0 Å². The minimum Gasteiger partial charge on any atom is -0.312 e. The van der Waals surface area contributed by atoms with Gasteiger partial charge in [-0.25, -0.2) is 8.78 Å². The van der Waals surface area contributed by atoms with Gasteiger partial charge in [-0.2, -0.15) is 0 Å². The monoisotopic (exact) mass is 260 g/mol. The average molecular weight is 260 g/mol. The molecule has 1 aliphatic heterocycles. The van der Waals surface area contributed by atoms with Gasteiger partial charge in [0.25, 0.3) is 6.43 Å². The van der Waals surface area contributed by atoms with Crippen LogP contribution in [0.4, 0.5) is 8.78 Å². The molecule has 1 aliphatic carbocycles. The first-order valence-electron chi connectivity index (χ1n) is 7.42. The van der Waals surface area contributed by atoms with Crippen molar-refractivity contribution in [2.45, 2.75) is 64.0 Å². The minimum absolute atomic E-state index is 0.0634. The van der Waals surface area contributed by atoms with E-state index in [1.54, 1.807) is 0 Å². The van der Waals surface area contributed by atoms with Gasteiger partial charge in [0.2, 0.25) is 0 Å². The van der Waals surface area contributed by atoms with Gasteiger partial charge in [0.05, 0.1) is 6.54 Å². The molecule has 2 aliphatic rings. The second-order valence-electron chi connectivity index (χ2n) is 5.94. The molecule has 1 heterocycles. The Morgan fingerprint density at radius 2 is 1.89 bits per heavy atom. The van der Waals surface area contributed by atoms with Crippen molar-refractivity contribution in [1.82, 2.24) is 10.2 Å². The lowest BCUT2D eigenvalue weighted by Crippen LogP contribution is -2.46. The summed E-state index contributed by atoms with van der Waals surface area (Å²) in [6.45, 7) is 3.79. The van der Waals surface area contributed by atoms with Crippen LogP contribution in [0.25, 0.3) is 0 Å². The van der Waals surface area contributed by atoms with E-state index in [9.17, 15) is 8.78 Å². The lowest BCUT2D eigenvalue weighted by atomic mass is 9.83. The summed E-state index contributed by atoms with van der Waals surface area (Å²) in [6, 6.07) is 0.703. The van der Waals surface area contributed by atoms with E-state index in [2.05, 4.69) is 12.2 Å². The smallest absolute Gasteiger partial charge is 0.251 e. The van der Waals surface area contributed by atoms with Gasteiger partial charge in [-0.3, -0.25) is 4.90 Å². The van der Waals surface area contributed by atoms with Crippen molar-refractivity contribution in [3.05, 3.63) is 0 Å².